The van der Waals surface area contributed by atoms with Crippen LogP contribution in [0.15, 0.2) is 136 Å². The molecule has 3 heteroatoms. The van der Waals surface area contributed by atoms with E-state index in [1.807, 2.05) is 53.8 Å². The summed E-state index contributed by atoms with van der Waals surface area (Å²) in [5.41, 5.74) is 2.70. The smallest absolute Gasteiger partial charge is 0.193 e. The van der Waals surface area contributed by atoms with Crippen molar-refractivity contribution in [1.82, 2.24) is 0 Å². The molecule has 0 aliphatic carbocycles. The minimum Gasteiger partial charge on any atom is -0.289 e. The largest absolute Gasteiger partial charge is 0.289 e. The Morgan fingerprint density at radius 1 is 0.571 bits per heavy atom. The van der Waals surface area contributed by atoms with Gasteiger partial charge in [0, 0.05) is 31.3 Å². The van der Waals surface area contributed by atoms with Crippen molar-refractivity contribution in [3.05, 3.63) is 138 Å². The van der Waals surface area contributed by atoms with Crippen LogP contribution in [-0.2, 0) is 0 Å². The summed E-state index contributed by atoms with van der Waals surface area (Å²) in [5.74, 6) is 0.0583. The molecule has 170 valence electrons. The maximum Gasteiger partial charge on any atom is 0.193 e. The third kappa shape index (κ3) is 4.18. The maximum atomic E-state index is 13.0. The molecule has 0 saturated heterocycles. The summed E-state index contributed by atoms with van der Waals surface area (Å²) >= 11 is 1.85. The SMILES string of the molecule is Cc1ccc([SH](c2ccc(C(=O)c3ccccc3)cc2)c2ccc3sc4ccccc4c3c2)cc1. The number of carbonyl (C=O) groups is 1. The van der Waals surface area contributed by atoms with Crippen LogP contribution in [0.1, 0.15) is 21.5 Å². The Balaban J connectivity index is 1.46. The number of carbonyl (C=O) groups excluding carboxylic acids is 1. The number of hydrogen-bond donors (Lipinski definition) is 1. The van der Waals surface area contributed by atoms with Crippen LogP contribution in [-0.4, -0.2) is 5.78 Å². The molecule has 0 fully saturated rings. The van der Waals surface area contributed by atoms with Crippen molar-refractivity contribution in [2.75, 3.05) is 0 Å². The number of aryl methyl sites for hydroxylation is 1. The van der Waals surface area contributed by atoms with Gasteiger partial charge in [-0.2, -0.15) is 10.9 Å². The average Bonchev–Trinajstić information content (AvgIpc) is 3.29. The van der Waals surface area contributed by atoms with E-state index in [0.29, 0.717) is 0 Å². The average molecular weight is 489 g/mol. The summed E-state index contributed by atoms with van der Waals surface area (Å²) in [6, 6.07) is 42.2. The van der Waals surface area contributed by atoms with Crippen LogP contribution in [0.2, 0.25) is 0 Å². The lowest BCUT2D eigenvalue weighted by Gasteiger charge is -2.24. The Hall–Kier alpha value is -3.66. The second-order valence-corrected chi connectivity index (χ2v) is 12.0. The molecule has 0 radical (unpaired) electrons. The number of rotatable bonds is 5. The van der Waals surface area contributed by atoms with Crippen molar-refractivity contribution >= 4 is 48.2 Å². The fourth-order valence-corrected chi connectivity index (χ4v) is 7.87. The number of hydrogen-bond acceptors (Lipinski definition) is 2. The molecule has 6 aromatic rings. The molecule has 6 rings (SSSR count). The molecule has 0 aliphatic heterocycles. The van der Waals surface area contributed by atoms with E-state index in [2.05, 4.69) is 85.8 Å². The van der Waals surface area contributed by atoms with Gasteiger partial charge >= 0.3 is 0 Å². The first kappa shape index (κ1) is 21.8. The van der Waals surface area contributed by atoms with E-state index in [1.54, 1.807) is 0 Å². The molecule has 1 unspecified atom stereocenters. The first-order valence-electron chi connectivity index (χ1n) is 11.7. The second-order valence-electron chi connectivity index (χ2n) is 8.69. The number of thiophene rings is 1. The van der Waals surface area contributed by atoms with Gasteiger partial charge in [-0.05, 0) is 82.3 Å². The molecular weight excluding hydrogens is 464 g/mol. The summed E-state index contributed by atoms with van der Waals surface area (Å²) in [6.45, 7) is 2.12. The van der Waals surface area contributed by atoms with Crippen LogP contribution in [0.5, 0.6) is 0 Å². The Bertz CT molecular complexity index is 1650. The molecule has 5 aromatic carbocycles. The van der Waals surface area contributed by atoms with Gasteiger partial charge in [-0.1, -0.05) is 66.2 Å². The minimum atomic E-state index is -0.761. The summed E-state index contributed by atoms with van der Waals surface area (Å²) in [5, 5.41) is 2.63. The molecule has 0 amide bonds. The Kier molecular flexibility index (Phi) is 5.73. The van der Waals surface area contributed by atoms with E-state index in [-0.39, 0.29) is 5.78 Å². The molecule has 1 atom stereocenters. The summed E-state index contributed by atoms with van der Waals surface area (Å²) in [7, 11) is -0.761. The summed E-state index contributed by atoms with van der Waals surface area (Å²) in [4.78, 5) is 16.8. The highest BCUT2D eigenvalue weighted by atomic mass is 32.2. The van der Waals surface area contributed by atoms with Gasteiger partial charge in [0.05, 0.1) is 0 Å². The molecule has 1 aromatic heterocycles. The van der Waals surface area contributed by atoms with Crippen LogP contribution < -0.4 is 0 Å². The number of benzene rings is 5. The Morgan fingerprint density at radius 3 is 1.89 bits per heavy atom. The molecule has 0 aliphatic rings. The monoisotopic (exact) mass is 488 g/mol. The van der Waals surface area contributed by atoms with Crippen LogP contribution in [0.25, 0.3) is 20.2 Å². The van der Waals surface area contributed by atoms with E-state index in [0.717, 1.165) is 11.1 Å². The van der Waals surface area contributed by atoms with E-state index in [4.69, 9.17) is 0 Å². The fraction of sp³-hybridized carbons (Fsp3) is 0.0312. The molecule has 0 N–H and O–H groups in total. The normalized spacial score (nSPS) is 12.7. The van der Waals surface area contributed by atoms with Gasteiger partial charge in [0.15, 0.2) is 5.78 Å². The van der Waals surface area contributed by atoms with Gasteiger partial charge < -0.3 is 0 Å². The minimum absolute atomic E-state index is 0.0583. The van der Waals surface area contributed by atoms with Crippen LogP contribution >= 0.6 is 22.2 Å². The van der Waals surface area contributed by atoms with Crippen LogP contribution in [0, 0.1) is 6.92 Å². The highest BCUT2D eigenvalue weighted by Gasteiger charge is 2.16. The second kappa shape index (κ2) is 9.18. The van der Waals surface area contributed by atoms with Gasteiger partial charge in [0.25, 0.3) is 0 Å². The van der Waals surface area contributed by atoms with Gasteiger partial charge in [0.1, 0.15) is 0 Å². The van der Waals surface area contributed by atoms with E-state index >= 15 is 0 Å². The van der Waals surface area contributed by atoms with Crippen molar-refractivity contribution in [2.45, 2.75) is 21.6 Å². The highest BCUT2D eigenvalue weighted by molar-refractivity contribution is 8.17. The topological polar surface area (TPSA) is 17.1 Å². The van der Waals surface area contributed by atoms with Crippen molar-refractivity contribution in [2.24, 2.45) is 0 Å². The van der Waals surface area contributed by atoms with E-state index in [9.17, 15) is 4.79 Å². The van der Waals surface area contributed by atoms with Crippen molar-refractivity contribution in [1.29, 1.82) is 0 Å². The zero-order valence-electron chi connectivity index (χ0n) is 19.3. The lowest BCUT2D eigenvalue weighted by atomic mass is 10.0. The fourth-order valence-electron chi connectivity index (χ4n) is 4.51. The van der Waals surface area contributed by atoms with Crippen molar-refractivity contribution < 1.29 is 4.79 Å². The summed E-state index contributed by atoms with van der Waals surface area (Å²) < 4.78 is 2.64. The molecule has 1 heterocycles. The third-order valence-corrected chi connectivity index (χ3v) is 9.91. The first-order chi connectivity index (χ1) is 17.2. The molecule has 1 nitrogen and oxygen atoms in total. The van der Waals surface area contributed by atoms with Gasteiger partial charge in [-0.3, -0.25) is 4.79 Å². The highest BCUT2D eigenvalue weighted by Crippen LogP contribution is 2.52. The third-order valence-electron chi connectivity index (χ3n) is 6.33. The predicted octanol–water partition coefficient (Wildman–Crippen LogP) is 9.07. The molecule has 0 bridgehead atoms. The zero-order valence-corrected chi connectivity index (χ0v) is 21.0. The molecule has 0 spiro atoms. The van der Waals surface area contributed by atoms with Crippen molar-refractivity contribution in [3.63, 3.8) is 0 Å². The standard InChI is InChI=1S/C32H24OS2/c1-22-11-15-25(16-12-22)35(26-17-13-24(14-18-26)32(33)23-7-3-2-4-8-23)27-19-20-31-29(21-27)28-9-5-6-10-30(28)34-31/h2-21,35H,1H3. The van der Waals surface area contributed by atoms with Gasteiger partial charge in [-0.15, -0.1) is 11.3 Å². The number of thiol groups is 1. The maximum absolute atomic E-state index is 13.0. The number of fused-ring (bicyclic) bond motifs is 3. The van der Waals surface area contributed by atoms with Crippen LogP contribution in [0.4, 0.5) is 0 Å². The van der Waals surface area contributed by atoms with Gasteiger partial charge in [0.2, 0.25) is 0 Å². The number of ketones is 1. The molecular formula is C32H24OS2. The van der Waals surface area contributed by atoms with E-state index in [1.165, 1.54) is 40.4 Å². The lowest BCUT2D eigenvalue weighted by Crippen LogP contribution is -2.00. The van der Waals surface area contributed by atoms with E-state index < -0.39 is 10.9 Å². The quantitative estimate of drug-likeness (QED) is 0.189. The zero-order chi connectivity index (χ0) is 23.8. The Morgan fingerprint density at radius 2 is 1.14 bits per heavy atom. The Labute approximate surface area is 212 Å². The van der Waals surface area contributed by atoms with Crippen molar-refractivity contribution in [3.8, 4) is 0 Å². The summed E-state index contributed by atoms with van der Waals surface area (Å²) in [6.07, 6.45) is 0. The molecule has 0 saturated carbocycles. The van der Waals surface area contributed by atoms with Gasteiger partial charge in [-0.25, -0.2) is 0 Å². The predicted molar refractivity (Wildman–Crippen MR) is 151 cm³/mol. The first-order valence-corrected chi connectivity index (χ1v) is 13.8. The molecule has 35 heavy (non-hydrogen) atoms. The lowest BCUT2D eigenvalue weighted by molar-refractivity contribution is 0.103. The van der Waals surface area contributed by atoms with Crippen LogP contribution in [0.3, 0.4) is 0 Å².